The first kappa shape index (κ1) is 21.8. The van der Waals surface area contributed by atoms with Crippen LogP contribution in [0.15, 0.2) is 41.1 Å². The van der Waals surface area contributed by atoms with Gasteiger partial charge in [0.2, 0.25) is 5.91 Å². The van der Waals surface area contributed by atoms with Crippen molar-refractivity contribution in [3.63, 3.8) is 0 Å². The van der Waals surface area contributed by atoms with Crippen molar-refractivity contribution in [3.8, 4) is 22.8 Å². The zero-order valence-electron chi connectivity index (χ0n) is 17.1. The first-order valence-electron chi connectivity index (χ1n) is 9.26. The standard InChI is InChI=1S/C21H23N3O4S2/c1-12(2)18(23-19(25)17-6-5-9-29-17)20(26)24-21-22-14(11-30-21)13-7-8-15(27-3)16(10-13)28-4/h5-12,18H,1-4H3,(H,23,25)(H,22,24,26). The number of anilines is 1. The Labute approximate surface area is 183 Å². The third-order valence-electron chi connectivity index (χ3n) is 4.39. The number of hydrogen-bond acceptors (Lipinski definition) is 7. The third kappa shape index (κ3) is 4.98. The fourth-order valence-corrected chi connectivity index (χ4v) is 4.15. The minimum atomic E-state index is -0.673. The van der Waals surface area contributed by atoms with Crippen LogP contribution in [0.3, 0.4) is 0 Å². The zero-order chi connectivity index (χ0) is 21.7. The Morgan fingerprint density at radius 3 is 2.47 bits per heavy atom. The summed E-state index contributed by atoms with van der Waals surface area (Å²) in [6.45, 7) is 3.77. The second kappa shape index (κ2) is 9.73. The lowest BCUT2D eigenvalue weighted by atomic mass is 10.0. The number of nitrogens with zero attached hydrogens (tertiary/aromatic N) is 1. The number of aromatic nitrogens is 1. The van der Waals surface area contributed by atoms with Gasteiger partial charge in [-0.1, -0.05) is 19.9 Å². The molecule has 30 heavy (non-hydrogen) atoms. The number of carbonyl (C=O) groups excluding carboxylic acids is 2. The van der Waals surface area contributed by atoms with E-state index in [0.717, 1.165) is 5.56 Å². The fraction of sp³-hybridized carbons (Fsp3) is 0.286. The maximum atomic E-state index is 12.8. The number of methoxy groups -OCH3 is 2. The van der Waals surface area contributed by atoms with E-state index in [1.807, 2.05) is 36.7 Å². The number of thiazole rings is 1. The number of ether oxygens (including phenoxy) is 2. The van der Waals surface area contributed by atoms with Gasteiger partial charge in [-0.05, 0) is 35.6 Å². The smallest absolute Gasteiger partial charge is 0.262 e. The number of thiophene rings is 1. The summed E-state index contributed by atoms with van der Waals surface area (Å²) < 4.78 is 10.6. The van der Waals surface area contributed by atoms with E-state index in [4.69, 9.17) is 9.47 Å². The van der Waals surface area contributed by atoms with Crippen LogP contribution in [0.25, 0.3) is 11.3 Å². The van der Waals surface area contributed by atoms with E-state index in [0.29, 0.717) is 27.2 Å². The van der Waals surface area contributed by atoms with Gasteiger partial charge in [0.25, 0.3) is 5.91 Å². The highest BCUT2D eigenvalue weighted by Gasteiger charge is 2.26. The van der Waals surface area contributed by atoms with Gasteiger partial charge in [0.15, 0.2) is 16.6 Å². The highest BCUT2D eigenvalue weighted by atomic mass is 32.1. The van der Waals surface area contributed by atoms with Crippen LogP contribution in [-0.2, 0) is 4.79 Å². The van der Waals surface area contributed by atoms with Gasteiger partial charge < -0.3 is 20.1 Å². The summed E-state index contributed by atoms with van der Waals surface area (Å²) in [6, 6.07) is 8.37. The van der Waals surface area contributed by atoms with Crippen LogP contribution in [0.4, 0.5) is 5.13 Å². The molecule has 0 saturated heterocycles. The van der Waals surface area contributed by atoms with Gasteiger partial charge >= 0.3 is 0 Å². The van der Waals surface area contributed by atoms with Crippen LogP contribution in [0, 0.1) is 5.92 Å². The molecule has 1 atom stereocenters. The van der Waals surface area contributed by atoms with Crippen molar-refractivity contribution in [2.75, 3.05) is 19.5 Å². The zero-order valence-corrected chi connectivity index (χ0v) is 18.7. The van der Waals surface area contributed by atoms with E-state index in [1.165, 1.54) is 22.7 Å². The molecule has 0 bridgehead atoms. The van der Waals surface area contributed by atoms with Gasteiger partial charge in [-0.2, -0.15) is 0 Å². The molecule has 0 aliphatic carbocycles. The maximum absolute atomic E-state index is 12.8. The minimum Gasteiger partial charge on any atom is -0.493 e. The van der Waals surface area contributed by atoms with Gasteiger partial charge in [-0.15, -0.1) is 22.7 Å². The van der Waals surface area contributed by atoms with Gasteiger partial charge in [0, 0.05) is 10.9 Å². The number of rotatable bonds is 8. The molecule has 7 nitrogen and oxygen atoms in total. The molecule has 0 radical (unpaired) electrons. The predicted octanol–water partition coefficient (Wildman–Crippen LogP) is 4.28. The van der Waals surface area contributed by atoms with Gasteiger partial charge in [0.1, 0.15) is 6.04 Å². The van der Waals surface area contributed by atoms with Crippen LogP contribution in [-0.4, -0.2) is 37.1 Å². The Morgan fingerprint density at radius 2 is 1.83 bits per heavy atom. The van der Waals surface area contributed by atoms with E-state index >= 15 is 0 Å². The molecule has 158 valence electrons. The Bertz CT molecular complexity index is 1020. The number of hydrogen-bond donors (Lipinski definition) is 2. The lowest BCUT2D eigenvalue weighted by Crippen LogP contribution is -2.46. The summed E-state index contributed by atoms with van der Waals surface area (Å²) >= 11 is 2.65. The topological polar surface area (TPSA) is 89.6 Å². The molecule has 1 aromatic carbocycles. The third-order valence-corrected chi connectivity index (χ3v) is 6.02. The molecule has 9 heteroatoms. The molecule has 2 N–H and O–H groups in total. The van der Waals surface area contributed by atoms with Crippen LogP contribution in [0.2, 0.25) is 0 Å². The highest BCUT2D eigenvalue weighted by molar-refractivity contribution is 7.14. The Balaban J connectivity index is 1.72. The van der Waals surface area contributed by atoms with Crippen LogP contribution in [0.5, 0.6) is 11.5 Å². The fourth-order valence-electron chi connectivity index (χ4n) is 2.80. The molecule has 0 spiro atoms. The van der Waals surface area contributed by atoms with Crippen LogP contribution >= 0.6 is 22.7 Å². The van der Waals surface area contributed by atoms with E-state index < -0.39 is 6.04 Å². The normalized spacial score (nSPS) is 11.8. The van der Waals surface area contributed by atoms with E-state index in [-0.39, 0.29) is 17.7 Å². The van der Waals surface area contributed by atoms with Gasteiger partial charge in [0.05, 0.1) is 24.8 Å². The molecule has 1 unspecified atom stereocenters. The Morgan fingerprint density at radius 1 is 1.07 bits per heavy atom. The van der Waals surface area contributed by atoms with E-state index in [1.54, 1.807) is 32.4 Å². The van der Waals surface area contributed by atoms with Crippen molar-refractivity contribution < 1.29 is 19.1 Å². The lowest BCUT2D eigenvalue weighted by Gasteiger charge is -2.20. The molecule has 3 aromatic rings. The van der Waals surface area contributed by atoms with Crippen molar-refractivity contribution in [1.82, 2.24) is 10.3 Å². The summed E-state index contributed by atoms with van der Waals surface area (Å²) in [6.07, 6.45) is 0. The second-order valence-electron chi connectivity index (χ2n) is 6.77. The number of nitrogens with one attached hydrogen (secondary N) is 2. The molecule has 2 heterocycles. The second-order valence-corrected chi connectivity index (χ2v) is 8.58. The summed E-state index contributed by atoms with van der Waals surface area (Å²) in [4.78, 5) is 30.2. The van der Waals surface area contributed by atoms with Crippen molar-refractivity contribution in [2.24, 2.45) is 5.92 Å². The predicted molar refractivity (Wildman–Crippen MR) is 120 cm³/mol. The molecule has 0 fully saturated rings. The molecule has 2 aromatic heterocycles. The molecular formula is C21H23N3O4S2. The van der Waals surface area contributed by atoms with Gasteiger partial charge in [-0.3, -0.25) is 9.59 Å². The summed E-state index contributed by atoms with van der Waals surface area (Å²) in [7, 11) is 3.15. The number of benzene rings is 1. The first-order chi connectivity index (χ1) is 14.4. The molecule has 3 rings (SSSR count). The quantitative estimate of drug-likeness (QED) is 0.540. The Kier molecular flexibility index (Phi) is 7.07. The summed E-state index contributed by atoms with van der Waals surface area (Å²) in [5.41, 5.74) is 1.55. The average Bonchev–Trinajstić information content (AvgIpc) is 3.43. The lowest BCUT2D eigenvalue weighted by molar-refractivity contribution is -0.118. The monoisotopic (exact) mass is 445 g/mol. The molecule has 0 aliphatic rings. The first-order valence-corrected chi connectivity index (χ1v) is 11.0. The Hall–Kier alpha value is -2.91. The average molecular weight is 446 g/mol. The molecule has 2 amide bonds. The summed E-state index contributed by atoms with van der Waals surface area (Å²) in [5, 5.41) is 9.76. The van der Waals surface area contributed by atoms with Crippen molar-refractivity contribution in [2.45, 2.75) is 19.9 Å². The molecule has 0 aliphatic heterocycles. The largest absolute Gasteiger partial charge is 0.493 e. The maximum Gasteiger partial charge on any atom is 0.262 e. The highest BCUT2D eigenvalue weighted by Crippen LogP contribution is 2.33. The number of amides is 2. The molecule has 0 saturated carbocycles. The molecular weight excluding hydrogens is 422 g/mol. The number of carbonyl (C=O) groups is 2. The summed E-state index contributed by atoms with van der Waals surface area (Å²) in [5.74, 6) is 0.585. The van der Waals surface area contributed by atoms with Crippen molar-refractivity contribution in [3.05, 3.63) is 46.0 Å². The SMILES string of the molecule is COc1ccc(-c2csc(NC(=O)C(NC(=O)c3cccs3)C(C)C)n2)cc1OC. The van der Waals surface area contributed by atoms with Gasteiger partial charge in [-0.25, -0.2) is 4.98 Å². The van der Waals surface area contributed by atoms with Crippen LogP contribution in [0.1, 0.15) is 23.5 Å². The minimum absolute atomic E-state index is 0.0841. The van der Waals surface area contributed by atoms with Crippen molar-refractivity contribution in [1.29, 1.82) is 0 Å². The van der Waals surface area contributed by atoms with E-state index in [2.05, 4.69) is 15.6 Å². The van der Waals surface area contributed by atoms with Crippen molar-refractivity contribution >= 4 is 39.6 Å². The van der Waals surface area contributed by atoms with Crippen LogP contribution < -0.4 is 20.1 Å². The van der Waals surface area contributed by atoms with E-state index in [9.17, 15) is 9.59 Å².